The molecule has 3 aromatic rings. The average molecular weight is 426 g/mol. The Balaban J connectivity index is 1.78. The number of nitro benzene ring substituents is 1. The van der Waals surface area contributed by atoms with Gasteiger partial charge in [0.25, 0.3) is 5.69 Å². The van der Waals surface area contributed by atoms with Gasteiger partial charge in [0.15, 0.2) is 0 Å². The van der Waals surface area contributed by atoms with E-state index in [1.54, 1.807) is 19.2 Å². The van der Waals surface area contributed by atoms with Gasteiger partial charge in [0, 0.05) is 23.4 Å². The number of ether oxygens (including phenoxy) is 1. The Hall–Kier alpha value is -3.72. The van der Waals surface area contributed by atoms with E-state index in [9.17, 15) is 24.8 Å². The van der Waals surface area contributed by atoms with Crippen molar-refractivity contribution in [3.05, 3.63) is 75.2 Å². The van der Waals surface area contributed by atoms with E-state index < -0.39 is 10.9 Å². The number of methoxy groups -OCH3 is 1. The molecule has 0 bridgehead atoms. The Morgan fingerprint density at radius 1 is 1.17 bits per heavy atom. The van der Waals surface area contributed by atoms with Crippen molar-refractivity contribution >= 4 is 34.6 Å². The highest BCUT2D eigenvalue weighted by Gasteiger charge is 2.19. The van der Waals surface area contributed by atoms with Gasteiger partial charge in [0.2, 0.25) is 5.91 Å². The molecule has 3 rings (SSSR count). The number of aromatic carboxylic acids is 1. The zero-order valence-corrected chi connectivity index (χ0v) is 16.8. The van der Waals surface area contributed by atoms with Crippen LogP contribution in [0.3, 0.4) is 0 Å². The summed E-state index contributed by atoms with van der Waals surface area (Å²) in [6, 6.07) is 14.8. The Bertz CT molecular complexity index is 1110. The van der Waals surface area contributed by atoms with Crippen molar-refractivity contribution in [3.63, 3.8) is 0 Å². The summed E-state index contributed by atoms with van der Waals surface area (Å²) in [4.78, 5) is 35.0. The molecule has 1 amide bonds. The second-order valence-corrected chi connectivity index (χ2v) is 7.38. The number of benzene rings is 2. The molecule has 0 radical (unpaired) electrons. The van der Waals surface area contributed by atoms with Gasteiger partial charge in [-0.15, -0.1) is 11.3 Å². The molecular weight excluding hydrogens is 408 g/mol. The summed E-state index contributed by atoms with van der Waals surface area (Å²) in [5.74, 6) is -0.844. The molecule has 30 heavy (non-hydrogen) atoms. The molecular formula is C21H18N2O6S. The molecule has 8 nitrogen and oxygen atoms in total. The lowest BCUT2D eigenvalue weighted by atomic mass is 10.1. The largest absolute Gasteiger partial charge is 0.496 e. The molecule has 0 atom stereocenters. The van der Waals surface area contributed by atoms with Gasteiger partial charge in [-0.3, -0.25) is 14.9 Å². The van der Waals surface area contributed by atoms with Crippen LogP contribution in [0.1, 0.15) is 21.7 Å². The summed E-state index contributed by atoms with van der Waals surface area (Å²) in [7, 11) is 1.55. The minimum absolute atomic E-state index is 0.0397. The molecule has 2 N–H and O–H groups in total. The van der Waals surface area contributed by atoms with Gasteiger partial charge >= 0.3 is 5.97 Å². The number of non-ortho nitro benzene ring substituents is 1. The van der Waals surface area contributed by atoms with Crippen molar-refractivity contribution < 1.29 is 24.4 Å². The first-order valence-corrected chi connectivity index (χ1v) is 9.74. The molecule has 0 aliphatic heterocycles. The molecule has 1 heterocycles. The lowest BCUT2D eigenvalue weighted by Crippen LogP contribution is -2.14. The molecule has 0 saturated carbocycles. The van der Waals surface area contributed by atoms with Crippen LogP contribution in [0.25, 0.3) is 10.4 Å². The smallest absolute Gasteiger partial charge is 0.348 e. The van der Waals surface area contributed by atoms with Crippen molar-refractivity contribution in [2.75, 3.05) is 12.4 Å². The van der Waals surface area contributed by atoms with Crippen LogP contribution in [0.5, 0.6) is 5.75 Å². The summed E-state index contributed by atoms with van der Waals surface area (Å²) >= 11 is 0.947. The van der Waals surface area contributed by atoms with E-state index in [4.69, 9.17) is 4.74 Å². The van der Waals surface area contributed by atoms with E-state index in [1.165, 1.54) is 24.3 Å². The van der Waals surface area contributed by atoms with Gasteiger partial charge in [-0.05, 0) is 29.7 Å². The number of thiophene rings is 1. The summed E-state index contributed by atoms with van der Waals surface area (Å²) in [5, 5.41) is 23.1. The number of nitro groups is 1. The van der Waals surface area contributed by atoms with E-state index in [-0.39, 0.29) is 28.6 Å². The number of carboxylic acids is 1. The zero-order valence-electron chi connectivity index (χ0n) is 16.0. The normalized spacial score (nSPS) is 10.4. The first kappa shape index (κ1) is 21.0. The first-order valence-electron chi connectivity index (χ1n) is 8.92. The van der Waals surface area contributed by atoms with E-state index >= 15 is 0 Å². The molecule has 0 saturated heterocycles. The van der Waals surface area contributed by atoms with Gasteiger partial charge in [0.05, 0.1) is 17.7 Å². The van der Waals surface area contributed by atoms with Gasteiger partial charge in [0.1, 0.15) is 10.6 Å². The summed E-state index contributed by atoms with van der Waals surface area (Å²) < 4.78 is 5.27. The van der Waals surface area contributed by atoms with E-state index in [0.717, 1.165) is 16.9 Å². The summed E-state index contributed by atoms with van der Waals surface area (Å²) in [6.07, 6.45) is 0.571. The molecule has 1 aromatic heterocycles. The lowest BCUT2D eigenvalue weighted by Gasteiger charge is -2.08. The van der Waals surface area contributed by atoms with Crippen molar-refractivity contribution in [2.24, 2.45) is 0 Å². The number of amides is 1. The maximum atomic E-state index is 12.4. The van der Waals surface area contributed by atoms with E-state index in [1.807, 2.05) is 18.2 Å². The molecule has 0 aliphatic rings. The molecule has 0 spiro atoms. The highest BCUT2D eigenvalue weighted by Crippen LogP contribution is 2.36. The lowest BCUT2D eigenvalue weighted by molar-refractivity contribution is -0.384. The Kier molecular flexibility index (Phi) is 6.43. The van der Waals surface area contributed by atoms with Crippen molar-refractivity contribution in [1.29, 1.82) is 0 Å². The van der Waals surface area contributed by atoms with Gasteiger partial charge in [-0.1, -0.05) is 30.3 Å². The number of nitrogens with one attached hydrogen (secondary N) is 1. The van der Waals surface area contributed by atoms with Crippen LogP contribution < -0.4 is 10.1 Å². The third-order valence-electron chi connectivity index (χ3n) is 4.36. The number of carboxylic acid groups (broad SMARTS) is 1. The number of rotatable bonds is 8. The number of nitrogens with zero attached hydrogens (tertiary/aromatic N) is 1. The van der Waals surface area contributed by atoms with Gasteiger partial charge in [-0.2, -0.15) is 0 Å². The predicted octanol–water partition coefficient (Wildman–Crippen LogP) is 4.60. The van der Waals surface area contributed by atoms with E-state index in [0.29, 0.717) is 22.6 Å². The molecule has 9 heteroatoms. The second-order valence-electron chi connectivity index (χ2n) is 6.33. The third kappa shape index (κ3) is 4.81. The van der Waals surface area contributed by atoms with Crippen LogP contribution in [0.4, 0.5) is 11.4 Å². The Labute approximate surface area is 175 Å². The molecule has 2 aromatic carbocycles. The maximum absolute atomic E-state index is 12.4. The van der Waals surface area contributed by atoms with Crippen molar-refractivity contribution in [3.8, 4) is 16.2 Å². The third-order valence-corrected chi connectivity index (χ3v) is 5.53. The number of hydrogen-bond donors (Lipinski definition) is 2. The number of anilines is 1. The fraction of sp³-hybridized carbons (Fsp3) is 0.143. The SMILES string of the molecule is COc1ccccc1CCC(=O)Nc1cc(-c2cccc([N+](=O)[O-])c2)sc1C(=O)O. The van der Waals surface area contributed by atoms with Crippen molar-refractivity contribution in [2.45, 2.75) is 12.8 Å². The zero-order chi connectivity index (χ0) is 21.7. The van der Waals surface area contributed by atoms with Crippen LogP contribution in [0, 0.1) is 10.1 Å². The summed E-state index contributed by atoms with van der Waals surface area (Å²) in [5.41, 5.74) is 1.45. The Morgan fingerprint density at radius 2 is 1.93 bits per heavy atom. The van der Waals surface area contributed by atoms with Crippen LogP contribution in [0.15, 0.2) is 54.6 Å². The highest BCUT2D eigenvalue weighted by atomic mass is 32.1. The van der Waals surface area contributed by atoms with Crippen LogP contribution in [-0.4, -0.2) is 29.0 Å². The number of carbonyl (C=O) groups excluding carboxylic acids is 1. The quantitative estimate of drug-likeness (QED) is 0.401. The number of aryl methyl sites for hydroxylation is 1. The number of hydrogen-bond acceptors (Lipinski definition) is 6. The fourth-order valence-corrected chi connectivity index (χ4v) is 3.88. The van der Waals surface area contributed by atoms with Crippen LogP contribution >= 0.6 is 11.3 Å². The Morgan fingerprint density at radius 3 is 2.63 bits per heavy atom. The van der Waals surface area contributed by atoms with E-state index in [2.05, 4.69) is 5.32 Å². The highest BCUT2D eigenvalue weighted by molar-refractivity contribution is 7.18. The maximum Gasteiger partial charge on any atom is 0.348 e. The molecule has 0 unspecified atom stereocenters. The minimum atomic E-state index is -1.18. The predicted molar refractivity (Wildman–Crippen MR) is 113 cm³/mol. The second kappa shape index (κ2) is 9.19. The number of para-hydroxylation sites is 1. The topological polar surface area (TPSA) is 119 Å². The number of carbonyl (C=O) groups is 2. The molecule has 0 fully saturated rings. The van der Waals surface area contributed by atoms with Crippen LogP contribution in [-0.2, 0) is 11.2 Å². The van der Waals surface area contributed by atoms with Gasteiger partial charge < -0.3 is 15.2 Å². The molecule has 154 valence electrons. The fourth-order valence-electron chi connectivity index (χ4n) is 2.93. The van der Waals surface area contributed by atoms with Crippen LogP contribution in [0.2, 0.25) is 0 Å². The monoisotopic (exact) mass is 426 g/mol. The van der Waals surface area contributed by atoms with Crippen molar-refractivity contribution in [1.82, 2.24) is 0 Å². The molecule has 0 aliphatic carbocycles. The first-order chi connectivity index (χ1) is 14.4. The summed E-state index contributed by atoms with van der Waals surface area (Å²) in [6.45, 7) is 0. The van der Waals surface area contributed by atoms with Gasteiger partial charge in [-0.25, -0.2) is 4.79 Å². The average Bonchev–Trinajstić information content (AvgIpc) is 3.16. The standard InChI is InChI=1S/C21H18N2O6S/c1-29-17-8-3-2-5-13(17)9-10-19(24)22-16-12-18(30-20(16)21(25)26)14-6-4-7-15(11-14)23(27)28/h2-8,11-12H,9-10H2,1H3,(H,22,24)(H,25,26). The minimum Gasteiger partial charge on any atom is -0.496 e.